The van der Waals surface area contributed by atoms with Crippen LogP contribution < -0.4 is 0 Å². The van der Waals surface area contributed by atoms with Crippen LogP contribution >= 0.6 is 11.3 Å². The number of halogens is 3. The average molecular weight is 267 g/mol. The van der Waals surface area contributed by atoms with Crippen molar-refractivity contribution >= 4 is 17.4 Å². The van der Waals surface area contributed by atoms with Crippen LogP contribution in [0.1, 0.15) is 17.8 Å². The summed E-state index contributed by atoms with van der Waals surface area (Å²) >= 11 is 1.43. The Labute approximate surface area is 101 Å². The van der Waals surface area contributed by atoms with Gasteiger partial charge in [0.15, 0.2) is 6.61 Å². The Morgan fingerprint density at radius 1 is 1.59 bits per heavy atom. The zero-order chi connectivity index (χ0) is 13.1. The van der Waals surface area contributed by atoms with E-state index in [-0.39, 0.29) is 6.04 Å². The average Bonchev–Trinajstić information content (AvgIpc) is 2.76. The number of ether oxygens (including phenoxy) is 1. The number of amides is 1. The van der Waals surface area contributed by atoms with Gasteiger partial charge in [-0.25, -0.2) is 4.79 Å². The van der Waals surface area contributed by atoms with Gasteiger partial charge in [0.25, 0.3) is 0 Å². The van der Waals surface area contributed by atoms with E-state index in [9.17, 15) is 18.0 Å². The Hall–Kier alpha value is -1.24. The molecule has 1 rings (SSSR count). The SMILES string of the molecule is CC(c1cccs1)N(C)C(=O)OCC(F)(F)F. The van der Waals surface area contributed by atoms with Crippen molar-refractivity contribution in [1.29, 1.82) is 0 Å². The summed E-state index contributed by atoms with van der Waals surface area (Å²) in [6.45, 7) is 0.161. The lowest BCUT2D eigenvalue weighted by atomic mass is 10.2. The van der Waals surface area contributed by atoms with Crippen LogP contribution in [0.15, 0.2) is 17.5 Å². The molecule has 96 valence electrons. The summed E-state index contributed by atoms with van der Waals surface area (Å²) in [7, 11) is 1.41. The molecule has 0 aromatic carbocycles. The maximum Gasteiger partial charge on any atom is 0.422 e. The number of carbonyl (C=O) groups is 1. The van der Waals surface area contributed by atoms with Crippen molar-refractivity contribution in [2.45, 2.75) is 19.1 Å². The molecule has 3 nitrogen and oxygen atoms in total. The molecule has 1 aromatic heterocycles. The fraction of sp³-hybridized carbons (Fsp3) is 0.500. The molecule has 1 unspecified atom stereocenters. The third-order valence-electron chi connectivity index (χ3n) is 2.18. The van der Waals surface area contributed by atoms with E-state index in [0.29, 0.717) is 0 Å². The topological polar surface area (TPSA) is 29.5 Å². The molecule has 0 aliphatic rings. The number of hydrogen-bond donors (Lipinski definition) is 0. The molecule has 0 fully saturated rings. The molecule has 1 aromatic rings. The van der Waals surface area contributed by atoms with Gasteiger partial charge in [-0.05, 0) is 18.4 Å². The quantitative estimate of drug-likeness (QED) is 0.839. The van der Waals surface area contributed by atoms with Crippen LogP contribution in [0.2, 0.25) is 0 Å². The third kappa shape index (κ3) is 4.26. The summed E-state index contributed by atoms with van der Waals surface area (Å²) in [5.74, 6) is 0. The highest BCUT2D eigenvalue weighted by Gasteiger charge is 2.31. The van der Waals surface area contributed by atoms with Crippen molar-refractivity contribution in [2.24, 2.45) is 0 Å². The number of carbonyl (C=O) groups excluding carboxylic acids is 1. The molecule has 1 amide bonds. The molecule has 0 saturated carbocycles. The largest absolute Gasteiger partial charge is 0.440 e. The molecule has 0 aliphatic carbocycles. The monoisotopic (exact) mass is 267 g/mol. The zero-order valence-electron chi connectivity index (χ0n) is 9.32. The maximum atomic E-state index is 11.9. The van der Waals surface area contributed by atoms with Crippen molar-refractivity contribution in [3.8, 4) is 0 Å². The molecule has 1 heterocycles. The molecule has 1 atom stereocenters. The molecule has 7 heteroatoms. The van der Waals surface area contributed by atoms with Crippen LogP contribution in [0.5, 0.6) is 0 Å². The summed E-state index contributed by atoms with van der Waals surface area (Å²) in [5.41, 5.74) is 0. The van der Waals surface area contributed by atoms with Crippen LogP contribution in [0.25, 0.3) is 0 Å². The summed E-state index contributed by atoms with van der Waals surface area (Å²) in [4.78, 5) is 13.4. The normalized spacial score (nSPS) is 13.2. The fourth-order valence-electron chi connectivity index (χ4n) is 1.12. The van der Waals surface area contributed by atoms with Crippen molar-refractivity contribution in [3.63, 3.8) is 0 Å². The lowest BCUT2D eigenvalue weighted by Crippen LogP contribution is -2.32. The van der Waals surface area contributed by atoms with E-state index in [2.05, 4.69) is 4.74 Å². The first-order chi connectivity index (χ1) is 7.81. The minimum Gasteiger partial charge on any atom is -0.440 e. The number of nitrogens with zero attached hydrogens (tertiary/aromatic N) is 1. The van der Waals surface area contributed by atoms with E-state index >= 15 is 0 Å². The highest BCUT2D eigenvalue weighted by molar-refractivity contribution is 7.10. The first-order valence-corrected chi connectivity index (χ1v) is 5.69. The van der Waals surface area contributed by atoms with Crippen LogP contribution in [0, 0.1) is 0 Å². The van der Waals surface area contributed by atoms with Gasteiger partial charge in [-0.15, -0.1) is 11.3 Å². The Kier molecular flexibility index (Phi) is 4.39. The van der Waals surface area contributed by atoms with Crippen molar-refractivity contribution in [3.05, 3.63) is 22.4 Å². The molecule has 17 heavy (non-hydrogen) atoms. The number of rotatable bonds is 3. The molecule has 0 N–H and O–H groups in total. The Balaban J connectivity index is 2.52. The minimum atomic E-state index is -4.50. The van der Waals surface area contributed by atoms with Crippen LogP contribution in [0.4, 0.5) is 18.0 Å². The van der Waals surface area contributed by atoms with Gasteiger partial charge in [0.05, 0.1) is 6.04 Å². The van der Waals surface area contributed by atoms with Gasteiger partial charge in [-0.3, -0.25) is 0 Å². The number of alkyl halides is 3. The second-order valence-electron chi connectivity index (χ2n) is 3.47. The lowest BCUT2D eigenvalue weighted by Gasteiger charge is -2.23. The van der Waals surface area contributed by atoms with Gasteiger partial charge in [-0.2, -0.15) is 13.2 Å². The Morgan fingerprint density at radius 2 is 2.24 bits per heavy atom. The van der Waals surface area contributed by atoms with Crippen LogP contribution in [-0.4, -0.2) is 30.8 Å². The standard InChI is InChI=1S/C10H12F3NO2S/c1-7(8-4-3-5-17-8)14(2)9(15)16-6-10(11,12)13/h3-5,7H,6H2,1-2H3. The van der Waals surface area contributed by atoms with E-state index in [4.69, 9.17) is 0 Å². The summed E-state index contributed by atoms with van der Waals surface area (Å²) < 4.78 is 39.7. The fourth-order valence-corrected chi connectivity index (χ4v) is 1.95. The minimum absolute atomic E-state index is 0.310. The van der Waals surface area contributed by atoms with Crippen LogP contribution in [0.3, 0.4) is 0 Å². The number of hydrogen-bond acceptors (Lipinski definition) is 3. The highest BCUT2D eigenvalue weighted by atomic mass is 32.1. The van der Waals surface area contributed by atoms with Crippen molar-refractivity contribution in [1.82, 2.24) is 4.90 Å². The van der Waals surface area contributed by atoms with E-state index in [1.165, 1.54) is 18.4 Å². The maximum absolute atomic E-state index is 11.9. The molecular formula is C10H12F3NO2S. The Bertz CT molecular complexity index is 364. The molecule has 0 bridgehead atoms. The zero-order valence-corrected chi connectivity index (χ0v) is 10.1. The summed E-state index contributed by atoms with van der Waals surface area (Å²) in [6, 6.07) is 3.31. The third-order valence-corrected chi connectivity index (χ3v) is 3.23. The van der Waals surface area contributed by atoms with Gasteiger partial charge in [0, 0.05) is 11.9 Å². The van der Waals surface area contributed by atoms with Gasteiger partial charge in [0.2, 0.25) is 0 Å². The molecular weight excluding hydrogens is 255 g/mol. The second-order valence-corrected chi connectivity index (χ2v) is 4.45. The molecule has 0 radical (unpaired) electrons. The van der Waals surface area contributed by atoms with Crippen molar-refractivity contribution < 1.29 is 22.7 Å². The summed E-state index contributed by atoms with van der Waals surface area (Å²) in [5, 5.41) is 1.83. The van der Waals surface area contributed by atoms with Gasteiger partial charge in [-0.1, -0.05) is 6.07 Å². The van der Waals surface area contributed by atoms with E-state index in [0.717, 1.165) is 9.78 Å². The first kappa shape index (κ1) is 13.8. The first-order valence-electron chi connectivity index (χ1n) is 4.81. The molecule has 0 aliphatic heterocycles. The van der Waals surface area contributed by atoms with Crippen LogP contribution in [-0.2, 0) is 4.74 Å². The predicted molar refractivity (Wildman–Crippen MR) is 57.9 cm³/mol. The van der Waals surface area contributed by atoms with Gasteiger partial charge >= 0.3 is 12.3 Å². The Morgan fingerprint density at radius 3 is 2.71 bits per heavy atom. The van der Waals surface area contributed by atoms with E-state index in [1.807, 2.05) is 17.5 Å². The van der Waals surface area contributed by atoms with Gasteiger partial charge in [0.1, 0.15) is 0 Å². The number of thiophene rings is 1. The predicted octanol–water partition coefficient (Wildman–Crippen LogP) is 3.44. The highest BCUT2D eigenvalue weighted by Crippen LogP contribution is 2.24. The lowest BCUT2D eigenvalue weighted by molar-refractivity contribution is -0.162. The van der Waals surface area contributed by atoms with Gasteiger partial charge < -0.3 is 9.64 Å². The second kappa shape index (κ2) is 5.39. The summed E-state index contributed by atoms with van der Waals surface area (Å²) in [6.07, 6.45) is -5.48. The molecule has 0 spiro atoms. The van der Waals surface area contributed by atoms with E-state index < -0.39 is 18.9 Å². The van der Waals surface area contributed by atoms with E-state index in [1.54, 1.807) is 6.92 Å². The molecule has 0 saturated heterocycles. The smallest absolute Gasteiger partial charge is 0.422 e. The van der Waals surface area contributed by atoms with Crippen molar-refractivity contribution in [2.75, 3.05) is 13.7 Å².